The third-order valence-corrected chi connectivity index (χ3v) is 5.18. The molecule has 0 aromatic heterocycles. The van der Waals surface area contributed by atoms with E-state index in [0.29, 0.717) is 6.42 Å². The highest BCUT2D eigenvalue weighted by Gasteiger charge is 2.37. The van der Waals surface area contributed by atoms with Crippen LogP contribution in [-0.2, 0) is 14.6 Å². The molecule has 0 saturated carbocycles. The van der Waals surface area contributed by atoms with Gasteiger partial charge in [-0.1, -0.05) is 6.07 Å². The maximum atomic E-state index is 12.2. The molecule has 1 aromatic carbocycles. The van der Waals surface area contributed by atoms with Gasteiger partial charge < -0.3 is 9.84 Å². The molecule has 1 fully saturated rings. The van der Waals surface area contributed by atoms with Gasteiger partial charge in [0, 0.05) is 0 Å². The number of phenolic OH excluding ortho intramolecular Hbond substituents is 1. The van der Waals surface area contributed by atoms with Crippen LogP contribution in [0.25, 0.3) is 0 Å². The van der Waals surface area contributed by atoms with Crippen molar-refractivity contribution < 1.29 is 23.1 Å². The van der Waals surface area contributed by atoms with Crippen molar-refractivity contribution in [1.29, 1.82) is 0 Å². The van der Waals surface area contributed by atoms with Crippen LogP contribution in [0.4, 0.5) is 10.5 Å². The molecular weight excluding hydrogens is 294 g/mol. The molecule has 0 spiro atoms. The summed E-state index contributed by atoms with van der Waals surface area (Å²) in [4.78, 5) is 13.5. The molecule has 1 N–H and O–H groups in total. The van der Waals surface area contributed by atoms with Crippen molar-refractivity contribution in [2.45, 2.75) is 26.3 Å². The number of sulfone groups is 1. The molecule has 116 valence electrons. The molecule has 0 aliphatic carbocycles. The number of nitrogens with zero attached hydrogens (tertiary/aromatic N) is 1. The molecule has 7 heteroatoms. The first-order valence-electron chi connectivity index (χ1n) is 6.80. The topological polar surface area (TPSA) is 83.9 Å². The zero-order chi connectivity index (χ0) is 15.6. The number of aromatic hydroxyl groups is 1. The third-order valence-electron chi connectivity index (χ3n) is 3.43. The Bertz CT molecular complexity index is 641. The second-order valence-corrected chi connectivity index (χ2v) is 7.35. The highest BCUT2D eigenvalue weighted by atomic mass is 32.2. The van der Waals surface area contributed by atoms with Crippen LogP contribution >= 0.6 is 0 Å². The Kier molecular flexibility index (Phi) is 4.41. The van der Waals surface area contributed by atoms with Crippen LogP contribution in [0.2, 0.25) is 0 Å². The lowest BCUT2D eigenvalue weighted by atomic mass is 10.1. The highest BCUT2D eigenvalue weighted by Crippen LogP contribution is 2.33. The van der Waals surface area contributed by atoms with Crippen molar-refractivity contribution in [3.8, 4) is 5.75 Å². The standard InChI is InChI=1S/C14H19NO5S/c1-3-20-14(17)15(11-6-7-21(18,19)9-11)12-8-10(2)4-5-13(12)16/h4-5,8,11,16H,3,6-7,9H2,1-2H3. The van der Waals surface area contributed by atoms with Crippen molar-refractivity contribution in [3.05, 3.63) is 23.8 Å². The number of ether oxygens (including phenoxy) is 1. The molecule has 1 aliphatic rings. The number of anilines is 1. The van der Waals surface area contributed by atoms with Crippen molar-refractivity contribution in [2.24, 2.45) is 0 Å². The SMILES string of the molecule is CCOC(=O)N(c1cc(C)ccc1O)C1CCS(=O)(=O)C1. The minimum absolute atomic E-state index is 0.0418. The maximum Gasteiger partial charge on any atom is 0.414 e. The molecule has 2 rings (SSSR count). The van der Waals surface area contributed by atoms with Crippen LogP contribution in [0.3, 0.4) is 0 Å². The molecule has 21 heavy (non-hydrogen) atoms. The molecule has 0 bridgehead atoms. The van der Waals surface area contributed by atoms with E-state index in [4.69, 9.17) is 4.74 Å². The molecule has 1 aromatic rings. The van der Waals surface area contributed by atoms with E-state index in [1.165, 1.54) is 11.0 Å². The first kappa shape index (κ1) is 15.6. The fraction of sp³-hybridized carbons (Fsp3) is 0.500. The monoisotopic (exact) mass is 313 g/mol. The van der Waals surface area contributed by atoms with Crippen LogP contribution in [0, 0.1) is 6.92 Å². The zero-order valence-electron chi connectivity index (χ0n) is 12.1. The quantitative estimate of drug-likeness (QED) is 0.920. The van der Waals surface area contributed by atoms with Gasteiger partial charge in [0.05, 0.1) is 29.8 Å². The van der Waals surface area contributed by atoms with Crippen LogP contribution in [-0.4, -0.2) is 43.8 Å². The van der Waals surface area contributed by atoms with Gasteiger partial charge in [-0.2, -0.15) is 0 Å². The number of hydrogen-bond donors (Lipinski definition) is 1. The Morgan fingerprint density at radius 3 is 2.76 bits per heavy atom. The summed E-state index contributed by atoms with van der Waals surface area (Å²) in [6, 6.07) is 4.34. The second-order valence-electron chi connectivity index (χ2n) is 5.12. The number of carbonyl (C=O) groups is 1. The largest absolute Gasteiger partial charge is 0.506 e. The third kappa shape index (κ3) is 3.47. The van der Waals surface area contributed by atoms with E-state index in [1.54, 1.807) is 19.1 Å². The summed E-state index contributed by atoms with van der Waals surface area (Å²) in [5, 5.41) is 10.0. The highest BCUT2D eigenvalue weighted by molar-refractivity contribution is 7.91. The van der Waals surface area contributed by atoms with Gasteiger partial charge in [-0.3, -0.25) is 4.90 Å². The average Bonchev–Trinajstić information content (AvgIpc) is 2.74. The lowest BCUT2D eigenvalue weighted by Crippen LogP contribution is -2.41. The normalized spacial score (nSPS) is 20.2. The predicted molar refractivity (Wildman–Crippen MR) is 79.4 cm³/mol. The number of phenols is 1. The van der Waals surface area contributed by atoms with Crippen molar-refractivity contribution >= 4 is 21.6 Å². The Balaban J connectivity index is 2.41. The summed E-state index contributed by atoms with van der Waals surface area (Å²) in [5.74, 6) is -0.141. The van der Waals surface area contributed by atoms with E-state index in [0.717, 1.165) is 5.56 Å². The number of rotatable bonds is 3. The molecular formula is C14H19NO5S. The van der Waals surface area contributed by atoms with E-state index in [2.05, 4.69) is 0 Å². The van der Waals surface area contributed by atoms with Gasteiger partial charge in [-0.05, 0) is 38.0 Å². The van der Waals surface area contributed by atoms with E-state index in [1.807, 2.05) is 6.92 Å². The summed E-state index contributed by atoms with van der Waals surface area (Å²) < 4.78 is 28.4. The Morgan fingerprint density at radius 2 is 2.19 bits per heavy atom. The smallest absolute Gasteiger partial charge is 0.414 e. The first-order chi connectivity index (χ1) is 9.84. The summed E-state index contributed by atoms with van der Waals surface area (Å²) >= 11 is 0. The fourth-order valence-corrected chi connectivity index (χ4v) is 4.14. The summed E-state index contributed by atoms with van der Waals surface area (Å²) in [6.45, 7) is 3.69. The molecule has 1 saturated heterocycles. The fourth-order valence-electron chi connectivity index (χ4n) is 2.44. The van der Waals surface area contributed by atoms with Crippen LogP contribution in [0.15, 0.2) is 18.2 Å². The molecule has 1 unspecified atom stereocenters. The molecule has 1 heterocycles. The Morgan fingerprint density at radius 1 is 1.48 bits per heavy atom. The predicted octanol–water partition coefficient (Wildman–Crippen LogP) is 1.85. The van der Waals surface area contributed by atoms with E-state index in [-0.39, 0.29) is 29.5 Å². The number of amides is 1. The molecule has 1 atom stereocenters. The summed E-state index contributed by atoms with van der Waals surface area (Å²) in [5.41, 5.74) is 1.15. The molecule has 6 nitrogen and oxygen atoms in total. The van der Waals surface area contributed by atoms with Gasteiger partial charge in [0.25, 0.3) is 0 Å². The van der Waals surface area contributed by atoms with E-state index in [9.17, 15) is 18.3 Å². The van der Waals surface area contributed by atoms with E-state index >= 15 is 0 Å². The second kappa shape index (κ2) is 5.93. The maximum absolute atomic E-state index is 12.2. The first-order valence-corrected chi connectivity index (χ1v) is 8.62. The number of benzene rings is 1. The van der Waals surface area contributed by atoms with Gasteiger partial charge in [-0.25, -0.2) is 13.2 Å². The average molecular weight is 313 g/mol. The van der Waals surface area contributed by atoms with Crippen molar-refractivity contribution in [1.82, 2.24) is 0 Å². The van der Waals surface area contributed by atoms with Crippen LogP contribution in [0.1, 0.15) is 18.9 Å². The Labute approximate surface area is 124 Å². The van der Waals surface area contributed by atoms with Gasteiger partial charge >= 0.3 is 6.09 Å². The van der Waals surface area contributed by atoms with Crippen LogP contribution < -0.4 is 4.90 Å². The van der Waals surface area contributed by atoms with Gasteiger partial charge in [-0.15, -0.1) is 0 Å². The number of aryl methyl sites for hydroxylation is 1. The van der Waals surface area contributed by atoms with Gasteiger partial charge in [0.1, 0.15) is 5.75 Å². The van der Waals surface area contributed by atoms with Crippen molar-refractivity contribution in [3.63, 3.8) is 0 Å². The number of hydrogen-bond acceptors (Lipinski definition) is 5. The summed E-state index contributed by atoms with van der Waals surface area (Å²) in [7, 11) is -3.15. The van der Waals surface area contributed by atoms with Crippen molar-refractivity contribution in [2.75, 3.05) is 23.0 Å². The van der Waals surface area contributed by atoms with E-state index < -0.39 is 22.0 Å². The van der Waals surface area contributed by atoms with Crippen LogP contribution in [0.5, 0.6) is 5.75 Å². The minimum Gasteiger partial charge on any atom is -0.506 e. The number of carbonyl (C=O) groups excluding carboxylic acids is 1. The lowest BCUT2D eigenvalue weighted by molar-refractivity contribution is 0.157. The molecule has 1 aliphatic heterocycles. The van der Waals surface area contributed by atoms with Gasteiger partial charge in [0.2, 0.25) is 0 Å². The summed E-state index contributed by atoms with van der Waals surface area (Å²) in [6.07, 6.45) is -0.297. The minimum atomic E-state index is -3.15. The van der Waals surface area contributed by atoms with Gasteiger partial charge in [0.15, 0.2) is 9.84 Å². The Hall–Kier alpha value is -1.76. The lowest BCUT2D eigenvalue weighted by Gasteiger charge is -2.28. The zero-order valence-corrected chi connectivity index (χ0v) is 12.9. The molecule has 0 radical (unpaired) electrons. The molecule has 1 amide bonds.